The van der Waals surface area contributed by atoms with Crippen molar-refractivity contribution >= 4 is 16.7 Å². The number of nitrogens with zero attached hydrogens (tertiary/aromatic N) is 4. The fourth-order valence-corrected chi connectivity index (χ4v) is 6.09. The molecule has 0 saturated carbocycles. The normalized spacial score (nSPS) is 12.2. The molecule has 0 bridgehead atoms. The van der Waals surface area contributed by atoms with Crippen LogP contribution in [0.2, 0.25) is 0 Å². The summed E-state index contributed by atoms with van der Waals surface area (Å²) in [5.74, 6) is 1.39. The van der Waals surface area contributed by atoms with E-state index in [-0.39, 0.29) is 11.1 Å². The van der Waals surface area contributed by atoms with Crippen LogP contribution in [0.5, 0.6) is 5.75 Å². The molecule has 2 aromatic heterocycles. The van der Waals surface area contributed by atoms with Gasteiger partial charge in [-0.2, -0.15) is 5.10 Å². The predicted molar refractivity (Wildman–Crippen MR) is 181 cm³/mol. The number of benzene rings is 3. The van der Waals surface area contributed by atoms with E-state index in [9.17, 15) is 9.00 Å². The number of nitrogens with one attached hydrogen (secondary N) is 1. The van der Waals surface area contributed by atoms with E-state index < -0.39 is 11.0 Å². The van der Waals surface area contributed by atoms with Gasteiger partial charge in [-0.15, -0.1) is 0 Å². The quantitative estimate of drug-likeness (QED) is 0.165. The lowest BCUT2D eigenvalue weighted by Gasteiger charge is -2.19. The van der Waals surface area contributed by atoms with Gasteiger partial charge in [-0.3, -0.25) is 14.3 Å². The SMILES string of the molecule is CCn1c(CCCc2ccc(-c3cc(OC)c(NS(=O)c4ccccc4)cn3)cc2)nn(Cc2ccc(C(C)(C)C)cc2)c1=O. The van der Waals surface area contributed by atoms with Crippen molar-refractivity contribution in [3.63, 3.8) is 0 Å². The van der Waals surface area contributed by atoms with E-state index in [1.54, 1.807) is 22.6 Å². The number of ether oxygens (including phenoxy) is 1. The molecule has 0 amide bonds. The molecule has 0 aliphatic rings. The molecule has 5 aromatic rings. The number of anilines is 1. The first-order chi connectivity index (χ1) is 21.7. The monoisotopic (exact) mass is 623 g/mol. The van der Waals surface area contributed by atoms with E-state index in [0.29, 0.717) is 29.4 Å². The van der Waals surface area contributed by atoms with Crippen molar-refractivity contribution in [3.8, 4) is 17.0 Å². The molecule has 3 aromatic carbocycles. The maximum absolute atomic E-state index is 13.1. The second-order valence-electron chi connectivity index (χ2n) is 12.1. The molecule has 0 aliphatic heterocycles. The molecule has 0 spiro atoms. The van der Waals surface area contributed by atoms with E-state index >= 15 is 0 Å². The molecule has 0 radical (unpaired) electrons. The van der Waals surface area contributed by atoms with E-state index in [4.69, 9.17) is 9.84 Å². The number of aryl methyl sites for hydroxylation is 2. The maximum atomic E-state index is 13.1. The van der Waals surface area contributed by atoms with Crippen LogP contribution in [-0.4, -0.2) is 30.7 Å². The number of hydrogen-bond donors (Lipinski definition) is 1. The minimum absolute atomic E-state index is 0.0628. The lowest BCUT2D eigenvalue weighted by Crippen LogP contribution is -2.25. The molecule has 1 unspecified atom stereocenters. The molecule has 45 heavy (non-hydrogen) atoms. The van der Waals surface area contributed by atoms with Crippen molar-refractivity contribution in [2.75, 3.05) is 11.8 Å². The smallest absolute Gasteiger partial charge is 0.346 e. The summed E-state index contributed by atoms with van der Waals surface area (Å²) < 4.78 is 24.6. The van der Waals surface area contributed by atoms with Crippen LogP contribution in [0.3, 0.4) is 0 Å². The Balaban J connectivity index is 1.20. The van der Waals surface area contributed by atoms with Gasteiger partial charge in [-0.1, -0.05) is 87.5 Å². The first kappa shape index (κ1) is 31.9. The van der Waals surface area contributed by atoms with Crippen LogP contribution in [0, 0.1) is 0 Å². The molecule has 1 atom stereocenters. The molecule has 0 saturated heterocycles. The molecule has 0 fully saturated rings. The Kier molecular flexibility index (Phi) is 9.98. The Bertz CT molecular complexity index is 1810. The third-order valence-electron chi connectivity index (χ3n) is 7.83. The first-order valence-corrected chi connectivity index (χ1v) is 16.4. The van der Waals surface area contributed by atoms with Crippen molar-refractivity contribution in [1.82, 2.24) is 19.3 Å². The van der Waals surface area contributed by atoms with Gasteiger partial charge in [0, 0.05) is 24.6 Å². The van der Waals surface area contributed by atoms with Crippen molar-refractivity contribution in [1.29, 1.82) is 0 Å². The molecule has 234 valence electrons. The maximum Gasteiger partial charge on any atom is 0.346 e. The Labute approximate surface area is 267 Å². The van der Waals surface area contributed by atoms with Gasteiger partial charge >= 0.3 is 5.69 Å². The van der Waals surface area contributed by atoms with Crippen molar-refractivity contribution in [3.05, 3.63) is 124 Å². The Morgan fingerprint density at radius 2 is 1.60 bits per heavy atom. The fraction of sp³-hybridized carbons (Fsp3) is 0.306. The topological polar surface area (TPSA) is 91.0 Å². The minimum Gasteiger partial charge on any atom is -0.494 e. The summed E-state index contributed by atoms with van der Waals surface area (Å²) >= 11 is 0. The standard InChI is InChI=1S/C36H41N5O3S/c1-6-40-34(38-41(35(40)42)25-27-17-21-29(22-18-27)36(2,3)4)14-10-11-26-15-19-28(20-16-26)31-23-33(44-5)32(24-37-31)39-45(43)30-12-8-7-9-13-30/h7-9,12-13,15-24,39H,6,10-11,14,25H2,1-5H3. The second kappa shape index (κ2) is 14.1. The number of aromatic nitrogens is 4. The number of rotatable bonds is 12. The average Bonchev–Trinajstić information content (AvgIpc) is 3.34. The number of methoxy groups -OCH3 is 1. The van der Waals surface area contributed by atoms with E-state index in [2.05, 4.69) is 66.9 Å². The molecule has 0 aliphatic carbocycles. The summed E-state index contributed by atoms with van der Waals surface area (Å²) in [6, 6.07) is 27.8. The Morgan fingerprint density at radius 3 is 2.24 bits per heavy atom. The summed E-state index contributed by atoms with van der Waals surface area (Å²) in [6.45, 7) is 9.63. The third kappa shape index (κ3) is 7.78. The van der Waals surface area contributed by atoms with Crippen LogP contribution in [-0.2, 0) is 42.3 Å². The van der Waals surface area contributed by atoms with Gasteiger partial charge < -0.3 is 4.74 Å². The van der Waals surface area contributed by atoms with Gasteiger partial charge in [0.25, 0.3) is 0 Å². The van der Waals surface area contributed by atoms with Crippen molar-refractivity contribution in [2.45, 2.75) is 70.4 Å². The van der Waals surface area contributed by atoms with E-state index in [0.717, 1.165) is 41.9 Å². The zero-order chi connectivity index (χ0) is 32.0. The van der Waals surface area contributed by atoms with Crippen LogP contribution in [0.1, 0.15) is 56.6 Å². The fourth-order valence-electron chi connectivity index (χ4n) is 5.21. The molecule has 8 nitrogen and oxygen atoms in total. The molecule has 2 heterocycles. The van der Waals surface area contributed by atoms with E-state index in [1.807, 2.05) is 55.5 Å². The first-order valence-electron chi connectivity index (χ1n) is 15.3. The summed E-state index contributed by atoms with van der Waals surface area (Å²) in [4.78, 5) is 18.3. The van der Waals surface area contributed by atoms with Gasteiger partial charge in [0.15, 0.2) is 0 Å². The third-order valence-corrected chi connectivity index (χ3v) is 8.93. The average molecular weight is 624 g/mol. The highest BCUT2D eigenvalue weighted by Crippen LogP contribution is 2.30. The summed E-state index contributed by atoms with van der Waals surface area (Å²) in [5.41, 5.74) is 5.85. The van der Waals surface area contributed by atoms with Crippen LogP contribution in [0.15, 0.2) is 101 Å². The number of hydrogen-bond acceptors (Lipinski definition) is 5. The predicted octanol–water partition coefficient (Wildman–Crippen LogP) is 6.79. The van der Waals surface area contributed by atoms with Crippen LogP contribution >= 0.6 is 0 Å². The van der Waals surface area contributed by atoms with Crippen LogP contribution < -0.4 is 15.1 Å². The molecule has 5 rings (SSSR count). The van der Waals surface area contributed by atoms with Gasteiger partial charge in [0.2, 0.25) is 0 Å². The van der Waals surface area contributed by atoms with Crippen molar-refractivity contribution in [2.24, 2.45) is 0 Å². The molecular weight excluding hydrogens is 582 g/mol. The number of pyridine rings is 1. The highest BCUT2D eigenvalue weighted by molar-refractivity contribution is 7.86. The largest absolute Gasteiger partial charge is 0.494 e. The highest BCUT2D eigenvalue weighted by Gasteiger charge is 2.16. The molecule has 1 N–H and O–H groups in total. The van der Waals surface area contributed by atoms with E-state index in [1.165, 1.54) is 11.1 Å². The lowest BCUT2D eigenvalue weighted by molar-refractivity contribution is 0.416. The lowest BCUT2D eigenvalue weighted by atomic mass is 9.87. The second-order valence-corrected chi connectivity index (χ2v) is 13.3. The minimum atomic E-state index is -1.43. The summed E-state index contributed by atoms with van der Waals surface area (Å²) in [5, 5.41) is 4.71. The van der Waals surface area contributed by atoms with Gasteiger partial charge in [-0.05, 0) is 54.0 Å². The van der Waals surface area contributed by atoms with Gasteiger partial charge in [-0.25, -0.2) is 13.7 Å². The Hall–Kier alpha value is -4.50. The zero-order valence-electron chi connectivity index (χ0n) is 26.6. The highest BCUT2D eigenvalue weighted by atomic mass is 32.2. The van der Waals surface area contributed by atoms with Crippen LogP contribution in [0.25, 0.3) is 11.3 Å². The molecule has 9 heteroatoms. The van der Waals surface area contributed by atoms with Crippen LogP contribution in [0.4, 0.5) is 5.69 Å². The van der Waals surface area contributed by atoms with Crippen molar-refractivity contribution < 1.29 is 8.95 Å². The molecular formula is C36H41N5O3S. The summed E-state index contributed by atoms with van der Waals surface area (Å²) in [6.07, 6.45) is 4.11. The zero-order valence-corrected chi connectivity index (χ0v) is 27.4. The summed E-state index contributed by atoms with van der Waals surface area (Å²) in [7, 11) is 0.159. The van der Waals surface area contributed by atoms with Gasteiger partial charge in [0.1, 0.15) is 28.2 Å². The Morgan fingerprint density at radius 1 is 0.911 bits per heavy atom. The van der Waals surface area contributed by atoms with Gasteiger partial charge in [0.05, 0.1) is 30.4 Å².